The van der Waals surface area contributed by atoms with Gasteiger partial charge >= 0.3 is 0 Å². The molecule has 2 heterocycles. The Balaban J connectivity index is 1.38. The van der Waals surface area contributed by atoms with Crippen molar-refractivity contribution < 1.29 is 0 Å². The topological polar surface area (TPSA) is 43.6 Å². The van der Waals surface area contributed by atoms with Crippen LogP contribution in [0.3, 0.4) is 0 Å². The number of thioether (sulfide) groups is 1. The number of nitrogens with zero attached hydrogens (tertiary/aromatic N) is 4. The predicted molar refractivity (Wildman–Crippen MR) is 117 cm³/mol. The molecule has 0 aliphatic carbocycles. The lowest BCUT2D eigenvalue weighted by Crippen LogP contribution is -2.01. The molecule has 0 N–H and O–H groups in total. The van der Waals surface area contributed by atoms with E-state index in [1.165, 1.54) is 16.7 Å². The summed E-state index contributed by atoms with van der Waals surface area (Å²) in [5.41, 5.74) is 4.88. The zero-order chi connectivity index (χ0) is 19.3. The second kappa shape index (κ2) is 8.71. The van der Waals surface area contributed by atoms with Crippen LogP contribution in [0, 0.1) is 6.92 Å². The second-order valence-electron chi connectivity index (χ2n) is 6.69. The van der Waals surface area contributed by atoms with Gasteiger partial charge in [0.2, 0.25) is 0 Å². The maximum absolute atomic E-state index is 4.81. The van der Waals surface area contributed by atoms with Gasteiger partial charge in [-0.25, -0.2) is 4.98 Å². The lowest BCUT2D eigenvalue weighted by atomic mass is 10.1. The number of thiazole rings is 1. The maximum Gasteiger partial charge on any atom is 0.191 e. The van der Waals surface area contributed by atoms with Crippen molar-refractivity contribution >= 4 is 23.1 Å². The van der Waals surface area contributed by atoms with Crippen LogP contribution in [0.5, 0.6) is 0 Å². The molecule has 2 aromatic heterocycles. The van der Waals surface area contributed by atoms with Gasteiger partial charge in [0, 0.05) is 30.2 Å². The molecule has 4 rings (SSSR count). The molecule has 0 bridgehead atoms. The van der Waals surface area contributed by atoms with Gasteiger partial charge in [-0.3, -0.25) is 0 Å². The lowest BCUT2D eigenvalue weighted by molar-refractivity contribution is 0.722. The van der Waals surface area contributed by atoms with Gasteiger partial charge in [0.1, 0.15) is 10.8 Å². The van der Waals surface area contributed by atoms with Gasteiger partial charge in [0.05, 0.1) is 5.69 Å². The van der Waals surface area contributed by atoms with Crippen molar-refractivity contribution in [2.75, 3.05) is 0 Å². The van der Waals surface area contributed by atoms with Crippen LogP contribution in [0.2, 0.25) is 0 Å². The first-order valence-corrected chi connectivity index (χ1v) is 11.1. The number of hydrogen-bond donors (Lipinski definition) is 0. The first-order valence-electron chi connectivity index (χ1n) is 9.26. The van der Waals surface area contributed by atoms with E-state index in [9.17, 15) is 0 Å². The largest absolute Gasteiger partial charge is 0.309 e. The van der Waals surface area contributed by atoms with Crippen LogP contribution in [0.25, 0.3) is 10.6 Å². The molecule has 0 saturated carbocycles. The molecular weight excluding hydrogens is 384 g/mol. The highest BCUT2D eigenvalue weighted by atomic mass is 32.2. The molecule has 0 unspecified atom stereocenters. The van der Waals surface area contributed by atoms with Gasteiger partial charge in [-0.1, -0.05) is 66.4 Å². The van der Waals surface area contributed by atoms with Gasteiger partial charge in [-0.15, -0.1) is 21.5 Å². The van der Waals surface area contributed by atoms with Crippen molar-refractivity contribution in [1.29, 1.82) is 0 Å². The molecule has 0 saturated heterocycles. The number of hydrogen-bond acceptors (Lipinski definition) is 5. The van der Waals surface area contributed by atoms with E-state index in [1.807, 2.05) is 13.1 Å². The fourth-order valence-corrected chi connectivity index (χ4v) is 4.88. The summed E-state index contributed by atoms with van der Waals surface area (Å²) in [6.45, 7) is 2.13. The molecule has 0 fully saturated rings. The number of aryl methyl sites for hydroxylation is 3. The van der Waals surface area contributed by atoms with Gasteiger partial charge in [-0.2, -0.15) is 0 Å². The van der Waals surface area contributed by atoms with E-state index in [1.54, 1.807) is 23.1 Å². The van der Waals surface area contributed by atoms with Crippen molar-refractivity contribution in [1.82, 2.24) is 19.7 Å². The third kappa shape index (κ3) is 4.34. The van der Waals surface area contributed by atoms with E-state index in [2.05, 4.69) is 75.6 Å². The Morgan fingerprint density at radius 1 is 0.964 bits per heavy atom. The molecular formula is C22H22N4S2. The second-order valence-corrected chi connectivity index (χ2v) is 8.49. The van der Waals surface area contributed by atoms with Crippen LogP contribution in [0.1, 0.15) is 22.6 Å². The average Bonchev–Trinajstić information content (AvgIpc) is 3.33. The Hall–Kier alpha value is -2.44. The summed E-state index contributed by atoms with van der Waals surface area (Å²) in [6, 6.07) is 18.9. The molecule has 28 heavy (non-hydrogen) atoms. The summed E-state index contributed by atoms with van der Waals surface area (Å²) >= 11 is 3.39. The molecule has 142 valence electrons. The molecule has 0 amide bonds. The number of rotatable bonds is 7. The predicted octanol–water partition coefficient (Wildman–Crippen LogP) is 5.32. The van der Waals surface area contributed by atoms with Crippen molar-refractivity contribution in [2.45, 2.75) is 30.7 Å². The van der Waals surface area contributed by atoms with E-state index in [-0.39, 0.29) is 0 Å². The fourth-order valence-electron chi connectivity index (χ4n) is 3.04. The van der Waals surface area contributed by atoms with E-state index < -0.39 is 0 Å². The van der Waals surface area contributed by atoms with Crippen LogP contribution < -0.4 is 0 Å². The molecule has 2 aromatic carbocycles. The summed E-state index contributed by atoms with van der Waals surface area (Å²) in [4.78, 5) is 4.81. The van der Waals surface area contributed by atoms with E-state index in [0.717, 1.165) is 40.3 Å². The zero-order valence-corrected chi connectivity index (χ0v) is 17.6. The highest BCUT2D eigenvalue weighted by Crippen LogP contribution is 2.29. The Morgan fingerprint density at radius 2 is 1.75 bits per heavy atom. The monoisotopic (exact) mass is 406 g/mol. The highest BCUT2D eigenvalue weighted by molar-refractivity contribution is 7.98. The minimum Gasteiger partial charge on any atom is -0.309 e. The van der Waals surface area contributed by atoms with Crippen LogP contribution >= 0.6 is 23.1 Å². The van der Waals surface area contributed by atoms with Gasteiger partial charge in [0.25, 0.3) is 0 Å². The van der Waals surface area contributed by atoms with Crippen LogP contribution in [-0.4, -0.2) is 19.7 Å². The minimum absolute atomic E-state index is 0.799. The molecule has 0 radical (unpaired) electrons. The summed E-state index contributed by atoms with van der Waals surface area (Å²) in [5, 5.41) is 12.9. The lowest BCUT2D eigenvalue weighted by Gasteiger charge is -2.04. The van der Waals surface area contributed by atoms with Crippen molar-refractivity contribution in [2.24, 2.45) is 7.05 Å². The Morgan fingerprint density at radius 3 is 2.57 bits per heavy atom. The Labute approximate surface area is 173 Å². The summed E-state index contributed by atoms with van der Waals surface area (Å²) in [7, 11) is 2.04. The third-order valence-corrected chi connectivity index (χ3v) is 6.66. The molecule has 0 spiro atoms. The van der Waals surface area contributed by atoms with Gasteiger partial charge < -0.3 is 4.57 Å². The van der Waals surface area contributed by atoms with Crippen molar-refractivity contribution in [3.05, 3.63) is 82.6 Å². The molecule has 0 atom stereocenters. The summed E-state index contributed by atoms with van der Waals surface area (Å²) < 4.78 is 2.10. The zero-order valence-electron chi connectivity index (χ0n) is 16.0. The van der Waals surface area contributed by atoms with E-state index >= 15 is 0 Å². The summed E-state index contributed by atoms with van der Waals surface area (Å²) in [6.07, 6.45) is 1.87. The molecule has 6 heteroatoms. The smallest absolute Gasteiger partial charge is 0.191 e. The maximum atomic E-state index is 4.81. The molecule has 0 aliphatic heterocycles. The number of benzene rings is 2. The molecule has 4 nitrogen and oxygen atoms in total. The standard InChI is InChI=1S/C22H22N4S2/c1-16-8-6-7-11-19(16)21-23-18(14-27-21)15-28-22-25-24-20(26(22)2)13-12-17-9-4-3-5-10-17/h3-11,14H,12-13,15H2,1-2H3. The molecule has 0 aliphatic rings. The number of aromatic nitrogens is 4. The minimum atomic E-state index is 0.799. The van der Waals surface area contributed by atoms with E-state index in [0.29, 0.717) is 0 Å². The fraction of sp³-hybridized carbons (Fsp3) is 0.227. The third-order valence-electron chi connectivity index (χ3n) is 4.68. The van der Waals surface area contributed by atoms with Crippen molar-refractivity contribution in [3.63, 3.8) is 0 Å². The quantitative estimate of drug-likeness (QED) is 0.389. The SMILES string of the molecule is Cc1ccccc1-c1nc(CSc2nnc(CCc3ccccc3)n2C)cs1. The average molecular weight is 407 g/mol. The summed E-state index contributed by atoms with van der Waals surface area (Å²) in [5.74, 6) is 1.82. The van der Waals surface area contributed by atoms with Gasteiger partial charge in [0.15, 0.2) is 5.16 Å². The van der Waals surface area contributed by atoms with Gasteiger partial charge in [-0.05, 0) is 24.5 Å². The van der Waals surface area contributed by atoms with Crippen molar-refractivity contribution in [3.8, 4) is 10.6 Å². The molecule has 4 aromatic rings. The van der Waals surface area contributed by atoms with Crippen LogP contribution in [-0.2, 0) is 25.6 Å². The normalized spacial score (nSPS) is 11.1. The van der Waals surface area contributed by atoms with Crippen LogP contribution in [0.15, 0.2) is 65.1 Å². The Kier molecular flexibility index (Phi) is 5.88. The first-order chi connectivity index (χ1) is 13.7. The highest BCUT2D eigenvalue weighted by Gasteiger charge is 2.12. The first kappa shape index (κ1) is 18.9. The van der Waals surface area contributed by atoms with Crippen LogP contribution in [0.4, 0.5) is 0 Å². The van der Waals surface area contributed by atoms with E-state index in [4.69, 9.17) is 4.98 Å². The Bertz CT molecular complexity index is 1050.